The van der Waals surface area contributed by atoms with Gasteiger partial charge in [-0.25, -0.2) is 4.98 Å². The third kappa shape index (κ3) is 2.91. The molecule has 2 rings (SSSR count). The number of ether oxygens (including phenoxy) is 1. The number of halogens is 1. The van der Waals surface area contributed by atoms with E-state index in [9.17, 15) is 0 Å². The molecule has 0 bridgehead atoms. The monoisotopic (exact) mass is 305 g/mol. The molecule has 0 amide bonds. The van der Waals surface area contributed by atoms with Crippen LogP contribution in [0.25, 0.3) is 11.3 Å². The van der Waals surface area contributed by atoms with Crippen molar-refractivity contribution in [3.8, 4) is 17.0 Å². The van der Waals surface area contributed by atoms with Crippen molar-refractivity contribution in [2.75, 3.05) is 6.61 Å². The van der Waals surface area contributed by atoms with Crippen LogP contribution in [0.2, 0.25) is 0 Å². The molecule has 2 aromatic rings. The summed E-state index contributed by atoms with van der Waals surface area (Å²) in [6, 6.07) is 12.2. The smallest absolute Gasteiger partial charge is 0.145 e. The number of hydrogen-bond acceptors (Lipinski definition) is 2. The van der Waals surface area contributed by atoms with Gasteiger partial charge in [-0.15, -0.1) is 0 Å². The number of aryl methyl sites for hydroxylation is 1. The summed E-state index contributed by atoms with van der Waals surface area (Å²) in [6.45, 7) is 4.74. The second-order valence-corrected chi connectivity index (χ2v) is 4.86. The number of aromatic nitrogens is 1. The first kappa shape index (κ1) is 13.1. The van der Waals surface area contributed by atoms with E-state index in [1.165, 1.54) is 0 Å². The van der Waals surface area contributed by atoms with Crippen molar-refractivity contribution in [1.82, 2.24) is 4.98 Å². The van der Waals surface area contributed by atoms with Crippen LogP contribution < -0.4 is 4.74 Å². The van der Waals surface area contributed by atoms with Crippen molar-refractivity contribution in [2.24, 2.45) is 0 Å². The van der Waals surface area contributed by atoms with Crippen LogP contribution in [0, 0.1) is 0 Å². The summed E-state index contributed by atoms with van der Waals surface area (Å²) >= 11 is 3.44. The Morgan fingerprint density at radius 2 is 1.78 bits per heavy atom. The molecular formula is C15H16BrNO. The van der Waals surface area contributed by atoms with E-state index in [-0.39, 0.29) is 0 Å². The summed E-state index contributed by atoms with van der Waals surface area (Å²) in [5.74, 6) is 0.844. The average molecular weight is 306 g/mol. The highest BCUT2D eigenvalue weighted by Crippen LogP contribution is 2.29. The molecule has 2 nitrogen and oxygen atoms in total. The van der Waals surface area contributed by atoms with Crippen LogP contribution in [0.4, 0.5) is 0 Å². The molecule has 1 aromatic carbocycles. The van der Waals surface area contributed by atoms with Gasteiger partial charge in [-0.1, -0.05) is 35.0 Å². The van der Waals surface area contributed by atoms with Gasteiger partial charge in [0.1, 0.15) is 11.4 Å². The third-order valence-corrected chi connectivity index (χ3v) is 3.22. The first-order chi connectivity index (χ1) is 8.74. The summed E-state index contributed by atoms with van der Waals surface area (Å²) in [7, 11) is 0. The molecule has 94 valence electrons. The van der Waals surface area contributed by atoms with Gasteiger partial charge in [0, 0.05) is 15.7 Å². The predicted octanol–water partition coefficient (Wildman–Crippen LogP) is 4.47. The van der Waals surface area contributed by atoms with Crippen molar-refractivity contribution >= 4 is 15.9 Å². The molecule has 18 heavy (non-hydrogen) atoms. The molecule has 0 aliphatic carbocycles. The molecule has 0 aliphatic heterocycles. The third-order valence-electron chi connectivity index (χ3n) is 2.70. The minimum atomic E-state index is 0.649. The predicted molar refractivity (Wildman–Crippen MR) is 77.9 cm³/mol. The van der Waals surface area contributed by atoms with Gasteiger partial charge in [-0.2, -0.15) is 0 Å². The van der Waals surface area contributed by atoms with Gasteiger partial charge in [-0.3, -0.25) is 0 Å². The molecular weight excluding hydrogens is 290 g/mol. The molecule has 0 radical (unpaired) electrons. The lowest BCUT2D eigenvalue weighted by atomic mass is 10.1. The Kier molecular flexibility index (Phi) is 4.37. The lowest BCUT2D eigenvalue weighted by Gasteiger charge is -2.11. The van der Waals surface area contributed by atoms with Gasteiger partial charge in [0.25, 0.3) is 0 Å². The van der Waals surface area contributed by atoms with Gasteiger partial charge in [0.2, 0.25) is 0 Å². The van der Waals surface area contributed by atoms with E-state index in [0.717, 1.165) is 33.6 Å². The lowest BCUT2D eigenvalue weighted by Crippen LogP contribution is -1.98. The molecule has 0 aliphatic rings. The highest BCUT2D eigenvalue weighted by Gasteiger charge is 2.08. The van der Waals surface area contributed by atoms with E-state index in [1.54, 1.807) is 0 Å². The molecule has 0 saturated heterocycles. The second kappa shape index (κ2) is 6.01. The molecule has 0 spiro atoms. The maximum absolute atomic E-state index is 5.65. The van der Waals surface area contributed by atoms with Gasteiger partial charge >= 0.3 is 0 Å². The zero-order valence-corrected chi connectivity index (χ0v) is 12.2. The van der Waals surface area contributed by atoms with Gasteiger partial charge in [-0.05, 0) is 37.6 Å². The van der Waals surface area contributed by atoms with E-state index in [0.29, 0.717) is 6.61 Å². The number of pyridine rings is 1. The molecule has 1 heterocycles. The first-order valence-electron chi connectivity index (χ1n) is 6.13. The molecule has 0 unspecified atom stereocenters. The van der Waals surface area contributed by atoms with Crippen molar-refractivity contribution in [2.45, 2.75) is 20.3 Å². The van der Waals surface area contributed by atoms with Crippen LogP contribution in [0.1, 0.15) is 19.5 Å². The minimum Gasteiger partial charge on any atom is -0.492 e. The highest BCUT2D eigenvalue weighted by atomic mass is 79.9. The number of nitrogens with zero attached hydrogens (tertiary/aromatic N) is 1. The SMILES string of the molecule is CCOc1ccc(CC)nc1-c1ccc(Br)cc1. The van der Waals surface area contributed by atoms with Gasteiger partial charge in [0.15, 0.2) is 0 Å². The zero-order valence-electron chi connectivity index (χ0n) is 10.6. The van der Waals surface area contributed by atoms with E-state index in [2.05, 4.69) is 27.8 Å². The fourth-order valence-electron chi connectivity index (χ4n) is 1.77. The standard InChI is InChI=1S/C15H16BrNO/c1-3-13-9-10-14(18-4-2)15(17-13)11-5-7-12(16)8-6-11/h5-10H,3-4H2,1-2H3. The Morgan fingerprint density at radius 1 is 1.06 bits per heavy atom. The van der Waals surface area contributed by atoms with Crippen LogP contribution in [-0.4, -0.2) is 11.6 Å². The Hall–Kier alpha value is -1.35. The number of hydrogen-bond donors (Lipinski definition) is 0. The van der Waals surface area contributed by atoms with Gasteiger partial charge < -0.3 is 4.74 Å². The number of rotatable bonds is 4. The van der Waals surface area contributed by atoms with Crippen LogP contribution >= 0.6 is 15.9 Å². The van der Waals surface area contributed by atoms with Crippen molar-refractivity contribution in [3.63, 3.8) is 0 Å². The number of benzene rings is 1. The van der Waals surface area contributed by atoms with Crippen LogP contribution in [-0.2, 0) is 6.42 Å². The van der Waals surface area contributed by atoms with E-state index in [1.807, 2.05) is 43.3 Å². The molecule has 0 atom stereocenters. The first-order valence-corrected chi connectivity index (χ1v) is 6.92. The minimum absolute atomic E-state index is 0.649. The second-order valence-electron chi connectivity index (χ2n) is 3.94. The summed E-state index contributed by atoms with van der Waals surface area (Å²) in [6.07, 6.45) is 0.927. The molecule has 3 heteroatoms. The quantitative estimate of drug-likeness (QED) is 0.831. The molecule has 0 N–H and O–H groups in total. The van der Waals surface area contributed by atoms with Gasteiger partial charge in [0.05, 0.1) is 6.61 Å². The maximum atomic E-state index is 5.65. The summed E-state index contributed by atoms with van der Waals surface area (Å²) < 4.78 is 6.71. The lowest BCUT2D eigenvalue weighted by molar-refractivity contribution is 0.340. The Balaban J connectivity index is 2.48. The van der Waals surface area contributed by atoms with E-state index >= 15 is 0 Å². The largest absolute Gasteiger partial charge is 0.492 e. The average Bonchev–Trinajstić information content (AvgIpc) is 2.40. The Bertz CT molecular complexity index is 523. The highest BCUT2D eigenvalue weighted by molar-refractivity contribution is 9.10. The van der Waals surface area contributed by atoms with Crippen molar-refractivity contribution in [1.29, 1.82) is 0 Å². The van der Waals surface area contributed by atoms with Crippen LogP contribution in [0.15, 0.2) is 40.9 Å². The fourth-order valence-corrected chi connectivity index (χ4v) is 2.03. The van der Waals surface area contributed by atoms with E-state index in [4.69, 9.17) is 4.74 Å². The zero-order chi connectivity index (χ0) is 13.0. The maximum Gasteiger partial charge on any atom is 0.145 e. The molecule has 0 saturated carbocycles. The summed E-state index contributed by atoms with van der Waals surface area (Å²) in [4.78, 5) is 4.67. The molecule has 0 fully saturated rings. The Labute approximate surface area is 116 Å². The normalized spacial score (nSPS) is 10.4. The molecule has 1 aromatic heterocycles. The van der Waals surface area contributed by atoms with Crippen LogP contribution in [0.5, 0.6) is 5.75 Å². The summed E-state index contributed by atoms with van der Waals surface area (Å²) in [5.41, 5.74) is 3.08. The topological polar surface area (TPSA) is 22.1 Å². The van der Waals surface area contributed by atoms with Crippen LogP contribution in [0.3, 0.4) is 0 Å². The Morgan fingerprint density at radius 3 is 2.39 bits per heavy atom. The van der Waals surface area contributed by atoms with Crippen molar-refractivity contribution < 1.29 is 4.74 Å². The fraction of sp³-hybridized carbons (Fsp3) is 0.267. The summed E-state index contributed by atoms with van der Waals surface area (Å²) in [5, 5.41) is 0. The van der Waals surface area contributed by atoms with E-state index < -0.39 is 0 Å². The van der Waals surface area contributed by atoms with Crippen molar-refractivity contribution in [3.05, 3.63) is 46.6 Å².